The highest BCUT2D eigenvalue weighted by atomic mass is 32.1. The number of carbonyl (C=O) groups excluding carboxylic acids is 1. The quantitative estimate of drug-likeness (QED) is 0.608. The van der Waals surface area contributed by atoms with E-state index in [9.17, 15) is 14.9 Å². The van der Waals surface area contributed by atoms with Crippen LogP contribution >= 0.6 is 11.3 Å². The minimum Gasteiger partial charge on any atom is -0.347 e. The number of hydrogen-bond acceptors (Lipinski definition) is 6. The van der Waals surface area contributed by atoms with E-state index in [0.717, 1.165) is 49.6 Å². The summed E-state index contributed by atoms with van der Waals surface area (Å²) in [6.07, 6.45) is 0. The van der Waals surface area contributed by atoms with Gasteiger partial charge in [0.05, 0.1) is 14.7 Å². The highest BCUT2D eigenvalue weighted by molar-refractivity contribution is 7.14. The molecule has 2 heterocycles. The molecule has 1 aliphatic heterocycles. The molecule has 7 nitrogen and oxygen atoms in total. The molecule has 3 rings (SSSR count). The summed E-state index contributed by atoms with van der Waals surface area (Å²) in [6.45, 7) is 7.37. The first-order chi connectivity index (χ1) is 12.9. The minimum absolute atomic E-state index is 0.00147. The third kappa shape index (κ3) is 5.12. The summed E-state index contributed by atoms with van der Waals surface area (Å²) in [5, 5.41) is 13.7. The summed E-state index contributed by atoms with van der Waals surface area (Å²) in [7, 11) is 2.15. The lowest BCUT2D eigenvalue weighted by Gasteiger charge is -2.32. The second-order valence-electron chi connectivity index (χ2n) is 6.89. The number of likely N-dealkylation sites (N-methyl/N-ethyl adjacent to an activating group) is 1. The maximum Gasteiger partial charge on any atom is 0.283 e. The van der Waals surface area contributed by atoms with Crippen molar-refractivity contribution in [3.05, 3.63) is 61.3 Å². The van der Waals surface area contributed by atoms with Crippen molar-refractivity contribution < 1.29 is 9.72 Å². The first-order valence-corrected chi connectivity index (χ1v) is 9.76. The smallest absolute Gasteiger partial charge is 0.283 e. The van der Waals surface area contributed by atoms with Gasteiger partial charge in [0.2, 0.25) is 0 Å². The molecule has 8 heteroatoms. The number of carbonyl (C=O) groups is 1. The number of benzene rings is 1. The van der Waals surface area contributed by atoms with Crippen molar-refractivity contribution in [1.29, 1.82) is 0 Å². The molecule has 0 saturated carbocycles. The molecular formula is C19H24N4O3S. The number of nitro groups is 1. The number of piperazine rings is 1. The van der Waals surface area contributed by atoms with E-state index >= 15 is 0 Å². The summed E-state index contributed by atoms with van der Waals surface area (Å²) in [5.41, 5.74) is 2.27. The molecule has 1 N–H and O–H groups in total. The van der Waals surface area contributed by atoms with Gasteiger partial charge in [-0.25, -0.2) is 0 Å². The Balaban J connectivity index is 1.51. The lowest BCUT2D eigenvalue weighted by Crippen LogP contribution is -2.43. The van der Waals surface area contributed by atoms with Crippen molar-refractivity contribution in [2.45, 2.75) is 20.0 Å². The zero-order valence-electron chi connectivity index (χ0n) is 15.6. The van der Waals surface area contributed by atoms with Crippen LogP contribution in [0.4, 0.5) is 5.69 Å². The average Bonchev–Trinajstić information content (AvgIpc) is 3.05. The number of thiophene rings is 1. The van der Waals surface area contributed by atoms with Crippen molar-refractivity contribution in [2.75, 3.05) is 33.2 Å². The topological polar surface area (TPSA) is 78.7 Å². The minimum atomic E-state index is -0.457. The Morgan fingerprint density at radius 3 is 2.41 bits per heavy atom. The normalized spacial score (nSPS) is 15.6. The van der Waals surface area contributed by atoms with E-state index in [0.29, 0.717) is 16.3 Å². The van der Waals surface area contributed by atoms with Gasteiger partial charge < -0.3 is 10.2 Å². The van der Waals surface area contributed by atoms with Crippen molar-refractivity contribution >= 4 is 22.9 Å². The summed E-state index contributed by atoms with van der Waals surface area (Å²) in [6, 6.07) is 9.58. The molecular weight excluding hydrogens is 364 g/mol. The van der Waals surface area contributed by atoms with Gasteiger partial charge in [-0.15, -0.1) is 11.3 Å². The van der Waals surface area contributed by atoms with E-state index in [1.807, 2.05) is 12.1 Å². The lowest BCUT2D eigenvalue weighted by molar-refractivity contribution is -0.385. The number of rotatable bonds is 6. The zero-order chi connectivity index (χ0) is 19.4. The van der Waals surface area contributed by atoms with E-state index in [1.54, 1.807) is 6.92 Å². The fraction of sp³-hybridized carbons (Fsp3) is 0.421. The molecule has 2 aromatic rings. The van der Waals surface area contributed by atoms with Gasteiger partial charge in [0.15, 0.2) is 0 Å². The van der Waals surface area contributed by atoms with Crippen LogP contribution in [0.15, 0.2) is 30.3 Å². The van der Waals surface area contributed by atoms with Crippen molar-refractivity contribution in [3.63, 3.8) is 0 Å². The van der Waals surface area contributed by atoms with Gasteiger partial charge >= 0.3 is 0 Å². The summed E-state index contributed by atoms with van der Waals surface area (Å²) < 4.78 is 0. The molecule has 1 aromatic heterocycles. The molecule has 1 aliphatic rings. The fourth-order valence-corrected chi connectivity index (χ4v) is 3.97. The van der Waals surface area contributed by atoms with E-state index in [4.69, 9.17) is 0 Å². The van der Waals surface area contributed by atoms with Crippen molar-refractivity contribution in [2.24, 2.45) is 0 Å². The van der Waals surface area contributed by atoms with Gasteiger partial charge in [0.25, 0.3) is 11.6 Å². The number of aryl methyl sites for hydroxylation is 1. The second kappa shape index (κ2) is 8.60. The molecule has 1 fully saturated rings. The third-order valence-electron chi connectivity index (χ3n) is 4.79. The summed E-state index contributed by atoms with van der Waals surface area (Å²) in [4.78, 5) is 28.4. The Hall–Kier alpha value is -2.29. The van der Waals surface area contributed by atoms with Crippen LogP contribution in [0, 0.1) is 17.0 Å². The van der Waals surface area contributed by atoms with Gasteiger partial charge in [-0.1, -0.05) is 24.3 Å². The molecule has 1 aromatic carbocycles. The van der Waals surface area contributed by atoms with Gasteiger partial charge in [0.1, 0.15) is 0 Å². The Morgan fingerprint density at radius 2 is 1.81 bits per heavy atom. The standard InChI is InChI=1S/C19H24N4O3S/c1-14-17(23(25)26)11-18(27-14)19(24)20-12-15-3-5-16(6-4-15)13-22-9-7-21(2)8-10-22/h3-6,11H,7-10,12-13H2,1-2H3,(H,20,24). The van der Waals surface area contributed by atoms with Crippen molar-refractivity contribution in [1.82, 2.24) is 15.1 Å². The first kappa shape index (κ1) is 19.5. The van der Waals surface area contributed by atoms with Gasteiger partial charge in [0, 0.05) is 45.3 Å². The van der Waals surface area contributed by atoms with Gasteiger partial charge in [-0.3, -0.25) is 19.8 Å². The number of amides is 1. The highest BCUT2D eigenvalue weighted by Crippen LogP contribution is 2.27. The van der Waals surface area contributed by atoms with Crippen LogP contribution in [0.25, 0.3) is 0 Å². The molecule has 0 aliphatic carbocycles. The second-order valence-corrected chi connectivity index (χ2v) is 8.14. The maximum absolute atomic E-state index is 12.2. The molecule has 144 valence electrons. The molecule has 1 saturated heterocycles. The van der Waals surface area contributed by atoms with E-state index < -0.39 is 4.92 Å². The van der Waals surface area contributed by atoms with E-state index in [-0.39, 0.29) is 11.6 Å². The molecule has 0 atom stereocenters. The van der Waals surface area contributed by atoms with Gasteiger partial charge in [-0.2, -0.15) is 0 Å². The van der Waals surface area contributed by atoms with Crippen LogP contribution in [0.3, 0.4) is 0 Å². The van der Waals surface area contributed by atoms with E-state index in [2.05, 4.69) is 34.3 Å². The molecule has 0 spiro atoms. The Labute approximate surface area is 162 Å². The highest BCUT2D eigenvalue weighted by Gasteiger charge is 2.19. The fourth-order valence-electron chi connectivity index (χ4n) is 3.06. The third-order valence-corrected chi connectivity index (χ3v) is 5.83. The van der Waals surface area contributed by atoms with Crippen LogP contribution in [0.5, 0.6) is 0 Å². The number of hydrogen-bond donors (Lipinski definition) is 1. The maximum atomic E-state index is 12.2. The average molecular weight is 388 g/mol. The molecule has 0 unspecified atom stereocenters. The van der Waals surface area contributed by atoms with Crippen LogP contribution in [-0.4, -0.2) is 53.9 Å². The Morgan fingerprint density at radius 1 is 1.19 bits per heavy atom. The summed E-state index contributed by atoms with van der Waals surface area (Å²) in [5.74, 6) is -0.280. The van der Waals surface area contributed by atoms with Crippen molar-refractivity contribution in [3.8, 4) is 0 Å². The predicted octanol–water partition coefficient (Wildman–Crippen LogP) is 2.64. The SMILES string of the molecule is Cc1sc(C(=O)NCc2ccc(CN3CCN(C)CC3)cc2)cc1[N+](=O)[O-]. The van der Waals surface area contributed by atoms with Crippen LogP contribution < -0.4 is 5.32 Å². The Bertz CT molecular complexity index is 811. The number of nitrogens with zero attached hydrogens (tertiary/aromatic N) is 3. The van der Waals surface area contributed by atoms with Crippen LogP contribution in [0.2, 0.25) is 0 Å². The van der Waals surface area contributed by atoms with E-state index in [1.165, 1.54) is 11.6 Å². The number of nitrogens with one attached hydrogen (secondary N) is 1. The lowest BCUT2D eigenvalue weighted by atomic mass is 10.1. The predicted molar refractivity (Wildman–Crippen MR) is 106 cm³/mol. The zero-order valence-corrected chi connectivity index (χ0v) is 16.4. The molecule has 0 radical (unpaired) electrons. The summed E-state index contributed by atoms with van der Waals surface area (Å²) >= 11 is 1.15. The van der Waals surface area contributed by atoms with Crippen LogP contribution in [0.1, 0.15) is 25.7 Å². The Kier molecular flexibility index (Phi) is 6.20. The van der Waals surface area contributed by atoms with Gasteiger partial charge in [-0.05, 0) is 25.1 Å². The molecule has 27 heavy (non-hydrogen) atoms. The molecule has 0 bridgehead atoms. The monoisotopic (exact) mass is 388 g/mol. The largest absolute Gasteiger partial charge is 0.347 e. The molecule has 1 amide bonds. The first-order valence-electron chi connectivity index (χ1n) is 8.94. The van der Waals surface area contributed by atoms with Crippen LogP contribution in [-0.2, 0) is 13.1 Å².